The molecule has 4 aliphatic carbocycles. The predicted molar refractivity (Wildman–Crippen MR) is 169 cm³/mol. The summed E-state index contributed by atoms with van der Waals surface area (Å²) < 4.78 is 33.9. The SMILES string of the molecule is CC(C)CS(=O)(=O)c1nn(C)cc1Nc1nc(NC2=CC(C)C(C3CCC(NC4CC4)CC3)C=C2OC2CC2)ncc1Cl. The Labute approximate surface area is 260 Å². The van der Waals surface area contributed by atoms with Gasteiger partial charge in [-0.2, -0.15) is 10.1 Å². The van der Waals surface area contributed by atoms with Gasteiger partial charge in [-0.05, 0) is 81.1 Å². The Kier molecular flexibility index (Phi) is 8.77. The maximum Gasteiger partial charge on any atom is 0.229 e. The second kappa shape index (κ2) is 12.4. The quantitative estimate of drug-likeness (QED) is 0.260. The molecule has 3 saturated carbocycles. The van der Waals surface area contributed by atoms with Crippen molar-refractivity contribution in [3.8, 4) is 0 Å². The first-order valence-corrected chi connectivity index (χ1v) is 17.8. The zero-order valence-corrected chi connectivity index (χ0v) is 27.1. The molecule has 4 aliphatic rings. The van der Waals surface area contributed by atoms with Crippen molar-refractivity contribution >= 4 is 38.9 Å². The Bertz CT molecular complexity index is 1490. The van der Waals surface area contributed by atoms with E-state index < -0.39 is 9.84 Å². The van der Waals surface area contributed by atoms with Gasteiger partial charge in [0.25, 0.3) is 0 Å². The summed E-state index contributed by atoms with van der Waals surface area (Å²) in [5, 5.41) is 14.8. The number of hydrogen-bond acceptors (Lipinski definition) is 9. The molecule has 2 unspecified atom stereocenters. The molecule has 2 heterocycles. The number of sulfone groups is 1. The molecule has 0 aliphatic heterocycles. The molecule has 2 aromatic rings. The van der Waals surface area contributed by atoms with Crippen molar-refractivity contribution in [3.05, 3.63) is 41.0 Å². The highest BCUT2D eigenvalue weighted by Gasteiger charge is 2.36. The van der Waals surface area contributed by atoms with Gasteiger partial charge < -0.3 is 20.7 Å². The van der Waals surface area contributed by atoms with E-state index in [2.05, 4.69) is 50.1 Å². The molecule has 2 atom stereocenters. The van der Waals surface area contributed by atoms with E-state index >= 15 is 0 Å². The Balaban J connectivity index is 1.18. The van der Waals surface area contributed by atoms with Crippen molar-refractivity contribution in [1.82, 2.24) is 25.1 Å². The van der Waals surface area contributed by atoms with Crippen LogP contribution in [0.25, 0.3) is 0 Å². The van der Waals surface area contributed by atoms with Crippen LogP contribution >= 0.6 is 11.6 Å². The zero-order chi connectivity index (χ0) is 30.3. The number of aromatic nitrogens is 4. The minimum Gasteiger partial charge on any atom is -0.489 e. The Morgan fingerprint density at radius 3 is 2.40 bits per heavy atom. The highest BCUT2D eigenvalue weighted by molar-refractivity contribution is 7.91. The van der Waals surface area contributed by atoms with Crippen LogP contribution in [0.3, 0.4) is 0 Å². The number of rotatable bonds is 12. The molecule has 10 nitrogen and oxygen atoms in total. The molecular weight excluding hydrogens is 586 g/mol. The summed E-state index contributed by atoms with van der Waals surface area (Å²) in [5.41, 5.74) is 1.18. The van der Waals surface area contributed by atoms with Crippen LogP contribution in [-0.4, -0.2) is 52.1 Å². The van der Waals surface area contributed by atoms with E-state index in [1.807, 2.05) is 13.8 Å². The first kappa shape index (κ1) is 30.4. The molecule has 12 heteroatoms. The molecule has 6 rings (SSSR count). The van der Waals surface area contributed by atoms with Crippen molar-refractivity contribution in [1.29, 1.82) is 0 Å². The summed E-state index contributed by atoms with van der Waals surface area (Å²) in [6, 6.07) is 1.43. The molecule has 0 spiro atoms. The fourth-order valence-electron chi connectivity index (χ4n) is 6.33. The lowest BCUT2D eigenvalue weighted by Gasteiger charge is -2.37. The van der Waals surface area contributed by atoms with E-state index in [4.69, 9.17) is 16.3 Å². The van der Waals surface area contributed by atoms with Gasteiger partial charge in [0.1, 0.15) is 10.8 Å². The summed E-state index contributed by atoms with van der Waals surface area (Å²) in [6.07, 6.45) is 17.7. The third-order valence-corrected chi connectivity index (χ3v) is 11.0. The van der Waals surface area contributed by atoms with E-state index in [0.717, 1.165) is 30.3 Å². The average molecular weight is 630 g/mol. The van der Waals surface area contributed by atoms with Crippen LogP contribution in [0.15, 0.2) is 41.0 Å². The van der Waals surface area contributed by atoms with Gasteiger partial charge in [0.15, 0.2) is 15.7 Å². The first-order valence-electron chi connectivity index (χ1n) is 15.7. The fourth-order valence-corrected chi connectivity index (χ4v) is 8.19. The van der Waals surface area contributed by atoms with Crippen LogP contribution in [-0.2, 0) is 21.6 Å². The third kappa shape index (κ3) is 7.54. The van der Waals surface area contributed by atoms with Gasteiger partial charge in [-0.25, -0.2) is 13.4 Å². The summed E-state index contributed by atoms with van der Waals surface area (Å²) in [6.45, 7) is 6.01. The summed E-state index contributed by atoms with van der Waals surface area (Å²) in [4.78, 5) is 9.05. The molecule has 0 radical (unpaired) electrons. The monoisotopic (exact) mass is 629 g/mol. The van der Waals surface area contributed by atoms with E-state index in [0.29, 0.717) is 41.2 Å². The number of nitrogens with zero attached hydrogens (tertiary/aromatic N) is 4. The standard InChI is InChI=1S/C31H44ClN7O3S/c1-18(2)17-43(40,41)30-27(16-39(4)38-30)35-29-25(32)15-33-31(37-29)36-26-13-19(3)24(14-28(26)42-23-11-12-23)20-5-7-21(8-6-20)34-22-9-10-22/h13-16,18-24,34H,5-12,17H2,1-4H3,(H2,33,35,36,37). The maximum atomic E-state index is 13.0. The van der Waals surface area contributed by atoms with Crippen molar-refractivity contribution in [2.75, 3.05) is 16.4 Å². The van der Waals surface area contributed by atoms with Crippen LogP contribution in [0.5, 0.6) is 0 Å². The van der Waals surface area contributed by atoms with E-state index in [1.54, 1.807) is 13.2 Å². The van der Waals surface area contributed by atoms with Gasteiger partial charge in [0, 0.05) is 25.3 Å². The summed E-state index contributed by atoms with van der Waals surface area (Å²) in [5.74, 6) is 2.87. The van der Waals surface area contributed by atoms with Gasteiger partial charge in [0.05, 0.1) is 29.4 Å². The molecule has 234 valence electrons. The van der Waals surface area contributed by atoms with Crippen LogP contribution in [0.1, 0.15) is 72.1 Å². The zero-order valence-electron chi connectivity index (χ0n) is 25.5. The molecule has 3 fully saturated rings. The van der Waals surface area contributed by atoms with Crippen molar-refractivity contribution in [2.45, 2.75) is 95.4 Å². The van der Waals surface area contributed by atoms with E-state index in [9.17, 15) is 8.42 Å². The number of hydrogen-bond donors (Lipinski definition) is 3. The maximum absolute atomic E-state index is 13.0. The second-order valence-electron chi connectivity index (χ2n) is 13.3. The molecule has 0 saturated heterocycles. The average Bonchev–Trinajstić information content (AvgIpc) is 3.88. The predicted octanol–water partition coefficient (Wildman–Crippen LogP) is 5.97. The molecule has 0 amide bonds. The largest absolute Gasteiger partial charge is 0.489 e. The molecule has 2 aromatic heterocycles. The Morgan fingerprint density at radius 2 is 1.74 bits per heavy atom. The third-order valence-electron chi connectivity index (χ3n) is 8.71. The fraction of sp³-hybridized carbons (Fsp3) is 0.645. The minimum atomic E-state index is -3.61. The van der Waals surface area contributed by atoms with Crippen LogP contribution in [0.2, 0.25) is 5.02 Å². The highest BCUT2D eigenvalue weighted by atomic mass is 35.5. The van der Waals surface area contributed by atoms with Gasteiger partial charge >= 0.3 is 0 Å². The van der Waals surface area contributed by atoms with Crippen molar-refractivity contribution in [2.24, 2.45) is 30.7 Å². The Hall–Kier alpha value is -2.63. The molecular formula is C31H44ClN7O3S. The first-order chi connectivity index (χ1) is 20.5. The Morgan fingerprint density at radius 1 is 1.05 bits per heavy atom. The van der Waals surface area contributed by atoms with Crippen molar-refractivity contribution in [3.63, 3.8) is 0 Å². The second-order valence-corrected chi connectivity index (χ2v) is 15.6. The minimum absolute atomic E-state index is 0.00869. The van der Waals surface area contributed by atoms with E-state index in [-0.39, 0.29) is 27.8 Å². The topological polar surface area (TPSA) is 123 Å². The van der Waals surface area contributed by atoms with Crippen LogP contribution in [0.4, 0.5) is 17.5 Å². The van der Waals surface area contributed by atoms with Gasteiger partial charge in [0.2, 0.25) is 11.0 Å². The lowest BCUT2D eigenvalue weighted by atomic mass is 9.71. The van der Waals surface area contributed by atoms with Crippen LogP contribution < -0.4 is 16.0 Å². The molecule has 43 heavy (non-hydrogen) atoms. The van der Waals surface area contributed by atoms with Crippen molar-refractivity contribution < 1.29 is 13.2 Å². The number of anilines is 3. The smallest absolute Gasteiger partial charge is 0.229 e. The van der Waals surface area contributed by atoms with Gasteiger partial charge in [-0.3, -0.25) is 4.68 Å². The summed E-state index contributed by atoms with van der Waals surface area (Å²) >= 11 is 6.47. The summed E-state index contributed by atoms with van der Waals surface area (Å²) in [7, 11) is -1.92. The van der Waals surface area contributed by atoms with E-state index in [1.165, 1.54) is 49.4 Å². The molecule has 0 bridgehead atoms. The number of ether oxygens (including phenoxy) is 1. The number of halogens is 1. The number of allylic oxidation sites excluding steroid dienone is 2. The highest BCUT2D eigenvalue weighted by Crippen LogP contribution is 2.42. The molecule has 3 N–H and O–H groups in total. The number of nitrogens with one attached hydrogen (secondary N) is 3. The van der Waals surface area contributed by atoms with Crippen LogP contribution in [0, 0.1) is 23.7 Å². The lowest BCUT2D eigenvalue weighted by molar-refractivity contribution is 0.179. The number of aryl methyl sites for hydroxylation is 1. The molecule has 0 aromatic carbocycles. The lowest BCUT2D eigenvalue weighted by Crippen LogP contribution is -2.37. The normalized spacial score (nSPS) is 26.2. The van der Waals surface area contributed by atoms with Gasteiger partial charge in [-0.15, -0.1) is 0 Å². The van der Waals surface area contributed by atoms with Gasteiger partial charge in [-0.1, -0.05) is 38.4 Å².